The summed E-state index contributed by atoms with van der Waals surface area (Å²) in [4.78, 5) is 23.6. The molecule has 2 aromatic rings. The predicted octanol–water partition coefficient (Wildman–Crippen LogP) is 3.46. The summed E-state index contributed by atoms with van der Waals surface area (Å²) < 4.78 is 5.62. The summed E-state index contributed by atoms with van der Waals surface area (Å²) >= 11 is 0. The average molecular weight is 338 g/mol. The normalized spacial score (nSPS) is 13.0. The maximum atomic E-state index is 12.2. The lowest BCUT2D eigenvalue weighted by atomic mass is 10.0. The third-order valence-corrected chi connectivity index (χ3v) is 4.35. The minimum atomic E-state index is -0.185. The van der Waals surface area contributed by atoms with E-state index in [2.05, 4.69) is 17.6 Å². The van der Waals surface area contributed by atoms with E-state index in [9.17, 15) is 9.59 Å². The first-order chi connectivity index (χ1) is 12.1. The summed E-state index contributed by atoms with van der Waals surface area (Å²) in [5.74, 6) is 0.478. The van der Waals surface area contributed by atoms with Crippen molar-refractivity contribution in [2.45, 2.75) is 33.1 Å². The SMILES string of the molecule is CCc1cccc(C)c1NC(=O)COc1ccc2c(c1)CCC(=O)N2. The van der Waals surface area contributed by atoms with Crippen LogP contribution in [0.2, 0.25) is 0 Å². The smallest absolute Gasteiger partial charge is 0.262 e. The molecule has 0 spiro atoms. The largest absolute Gasteiger partial charge is 0.484 e. The lowest BCUT2D eigenvalue weighted by molar-refractivity contribution is -0.118. The zero-order valence-corrected chi connectivity index (χ0v) is 14.5. The number of nitrogens with one attached hydrogen (secondary N) is 2. The maximum absolute atomic E-state index is 12.2. The Morgan fingerprint density at radius 3 is 2.88 bits per heavy atom. The van der Waals surface area contributed by atoms with E-state index >= 15 is 0 Å². The molecule has 25 heavy (non-hydrogen) atoms. The van der Waals surface area contributed by atoms with Crippen LogP contribution in [0.3, 0.4) is 0 Å². The van der Waals surface area contributed by atoms with E-state index in [0.29, 0.717) is 18.6 Å². The Morgan fingerprint density at radius 1 is 1.24 bits per heavy atom. The molecule has 0 saturated heterocycles. The lowest BCUT2D eigenvalue weighted by Gasteiger charge is -2.18. The number of ether oxygens (including phenoxy) is 1. The third-order valence-electron chi connectivity index (χ3n) is 4.35. The monoisotopic (exact) mass is 338 g/mol. The summed E-state index contributed by atoms with van der Waals surface area (Å²) in [6.45, 7) is 3.99. The minimum absolute atomic E-state index is 0.0329. The molecule has 5 nitrogen and oxygen atoms in total. The standard InChI is InChI=1S/C20H22N2O3/c1-3-14-6-4-5-13(2)20(14)22-19(24)12-25-16-8-9-17-15(11-16)7-10-18(23)21-17/h4-6,8-9,11H,3,7,10,12H2,1-2H3,(H,21,23)(H,22,24). The highest BCUT2D eigenvalue weighted by Crippen LogP contribution is 2.27. The number of aryl methyl sites for hydroxylation is 3. The molecular weight excluding hydrogens is 316 g/mol. The molecule has 0 unspecified atom stereocenters. The lowest BCUT2D eigenvalue weighted by Crippen LogP contribution is -2.22. The van der Waals surface area contributed by atoms with Crippen LogP contribution >= 0.6 is 0 Å². The number of rotatable bonds is 5. The van der Waals surface area contributed by atoms with Gasteiger partial charge in [0.1, 0.15) is 5.75 Å². The zero-order valence-electron chi connectivity index (χ0n) is 14.5. The zero-order chi connectivity index (χ0) is 17.8. The van der Waals surface area contributed by atoms with E-state index in [1.807, 2.05) is 37.3 Å². The van der Waals surface area contributed by atoms with Gasteiger partial charge in [-0.25, -0.2) is 0 Å². The van der Waals surface area contributed by atoms with E-state index in [1.165, 1.54) is 0 Å². The van der Waals surface area contributed by atoms with E-state index < -0.39 is 0 Å². The molecule has 1 aliphatic heterocycles. The van der Waals surface area contributed by atoms with Gasteiger partial charge in [0.25, 0.3) is 5.91 Å². The van der Waals surface area contributed by atoms with Gasteiger partial charge in [-0.05, 0) is 54.7 Å². The van der Waals surface area contributed by atoms with Gasteiger partial charge < -0.3 is 15.4 Å². The number of amides is 2. The maximum Gasteiger partial charge on any atom is 0.262 e. The highest BCUT2D eigenvalue weighted by Gasteiger charge is 2.15. The Bertz CT molecular complexity index is 815. The van der Waals surface area contributed by atoms with E-state index in [1.54, 1.807) is 6.07 Å². The average Bonchev–Trinajstić information content (AvgIpc) is 2.61. The topological polar surface area (TPSA) is 67.4 Å². The second kappa shape index (κ2) is 7.38. The molecule has 0 aliphatic carbocycles. The molecule has 2 amide bonds. The van der Waals surface area contributed by atoms with Crippen LogP contribution in [0.25, 0.3) is 0 Å². The van der Waals surface area contributed by atoms with Gasteiger partial charge in [-0.3, -0.25) is 9.59 Å². The summed E-state index contributed by atoms with van der Waals surface area (Å²) in [6, 6.07) is 11.5. The number of carbonyl (C=O) groups excluding carboxylic acids is 2. The summed E-state index contributed by atoms with van der Waals surface area (Å²) in [5, 5.41) is 5.78. The Labute approximate surface area is 147 Å². The number of anilines is 2. The van der Waals surface area contributed by atoms with Crippen molar-refractivity contribution >= 4 is 23.2 Å². The van der Waals surface area contributed by atoms with Crippen molar-refractivity contribution in [1.82, 2.24) is 0 Å². The van der Waals surface area contributed by atoms with Crippen LogP contribution in [0.1, 0.15) is 30.0 Å². The van der Waals surface area contributed by atoms with E-state index in [-0.39, 0.29) is 18.4 Å². The number of benzene rings is 2. The van der Waals surface area contributed by atoms with Gasteiger partial charge in [-0.15, -0.1) is 0 Å². The summed E-state index contributed by atoms with van der Waals surface area (Å²) in [7, 11) is 0. The van der Waals surface area contributed by atoms with Crippen LogP contribution in [-0.4, -0.2) is 18.4 Å². The van der Waals surface area contributed by atoms with Crippen molar-refractivity contribution < 1.29 is 14.3 Å². The van der Waals surface area contributed by atoms with Crippen molar-refractivity contribution in [3.63, 3.8) is 0 Å². The van der Waals surface area contributed by atoms with Crippen molar-refractivity contribution in [2.24, 2.45) is 0 Å². The fourth-order valence-corrected chi connectivity index (χ4v) is 2.98. The van der Waals surface area contributed by atoms with Gasteiger partial charge >= 0.3 is 0 Å². The fourth-order valence-electron chi connectivity index (χ4n) is 2.98. The van der Waals surface area contributed by atoms with Crippen LogP contribution in [-0.2, 0) is 22.4 Å². The van der Waals surface area contributed by atoms with Crippen molar-refractivity contribution in [3.8, 4) is 5.75 Å². The molecule has 0 atom stereocenters. The van der Waals surface area contributed by atoms with Gasteiger partial charge in [0.15, 0.2) is 6.61 Å². The highest BCUT2D eigenvalue weighted by atomic mass is 16.5. The predicted molar refractivity (Wildman–Crippen MR) is 98.1 cm³/mol. The molecule has 5 heteroatoms. The van der Waals surface area contributed by atoms with Crippen molar-refractivity contribution in [3.05, 3.63) is 53.1 Å². The number of hydrogen-bond acceptors (Lipinski definition) is 3. The molecule has 0 radical (unpaired) electrons. The summed E-state index contributed by atoms with van der Waals surface area (Å²) in [5.41, 5.74) is 4.87. The molecular formula is C20H22N2O3. The van der Waals surface area contributed by atoms with Crippen LogP contribution in [0.5, 0.6) is 5.75 Å². The van der Waals surface area contributed by atoms with Crippen molar-refractivity contribution in [1.29, 1.82) is 0 Å². The van der Waals surface area contributed by atoms with E-state index in [0.717, 1.165) is 34.5 Å². The number of hydrogen-bond donors (Lipinski definition) is 2. The first-order valence-corrected chi connectivity index (χ1v) is 8.50. The van der Waals surface area contributed by atoms with Gasteiger partial charge in [-0.1, -0.05) is 25.1 Å². The molecule has 0 bridgehead atoms. The second-order valence-electron chi connectivity index (χ2n) is 6.17. The third kappa shape index (κ3) is 3.99. The van der Waals surface area contributed by atoms with Crippen LogP contribution < -0.4 is 15.4 Å². The van der Waals surface area contributed by atoms with E-state index in [4.69, 9.17) is 4.74 Å². The summed E-state index contributed by atoms with van der Waals surface area (Å²) in [6.07, 6.45) is 2.02. The second-order valence-corrected chi connectivity index (χ2v) is 6.17. The molecule has 0 aromatic heterocycles. The molecule has 0 fully saturated rings. The number of fused-ring (bicyclic) bond motifs is 1. The minimum Gasteiger partial charge on any atom is -0.484 e. The molecule has 3 rings (SSSR count). The molecule has 1 heterocycles. The van der Waals surface area contributed by atoms with Crippen LogP contribution in [0, 0.1) is 6.92 Å². The van der Waals surface area contributed by atoms with Gasteiger partial charge in [0, 0.05) is 17.8 Å². The molecule has 2 aromatic carbocycles. The Balaban J connectivity index is 1.62. The highest BCUT2D eigenvalue weighted by molar-refractivity contribution is 5.94. The van der Waals surface area contributed by atoms with Gasteiger partial charge in [0.05, 0.1) is 0 Å². The molecule has 130 valence electrons. The molecule has 1 aliphatic rings. The fraction of sp³-hybridized carbons (Fsp3) is 0.300. The Hall–Kier alpha value is -2.82. The number of carbonyl (C=O) groups is 2. The molecule has 0 saturated carbocycles. The quantitative estimate of drug-likeness (QED) is 0.877. The Morgan fingerprint density at radius 2 is 2.08 bits per heavy atom. The van der Waals surface area contributed by atoms with Crippen molar-refractivity contribution in [2.75, 3.05) is 17.2 Å². The number of para-hydroxylation sites is 1. The first kappa shape index (κ1) is 17.0. The van der Waals surface area contributed by atoms with Crippen LogP contribution in [0.4, 0.5) is 11.4 Å². The van der Waals surface area contributed by atoms with Crippen LogP contribution in [0.15, 0.2) is 36.4 Å². The Kier molecular flexibility index (Phi) is 5.03. The molecule has 2 N–H and O–H groups in total. The first-order valence-electron chi connectivity index (χ1n) is 8.50. The van der Waals surface area contributed by atoms with Gasteiger partial charge in [-0.2, -0.15) is 0 Å². The van der Waals surface area contributed by atoms with Gasteiger partial charge in [0.2, 0.25) is 5.91 Å².